The molecule has 0 spiro atoms. The summed E-state index contributed by atoms with van der Waals surface area (Å²) in [5.41, 5.74) is 1.03. The quantitative estimate of drug-likeness (QED) is 0.618. The first-order valence-electron chi connectivity index (χ1n) is 10.7. The number of hydrogen-bond donors (Lipinski definition) is 1. The van der Waals surface area contributed by atoms with E-state index in [0.717, 1.165) is 5.56 Å². The Morgan fingerprint density at radius 2 is 1.87 bits per heavy atom. The number of aliphatic hydroxyl groups excluding tert-OH is 1. The van der Waals surface area contributed by atoms with Crippen LogP contribution in [0.25, 0.3) is 0 Å². The van der Waals surface area contributed by atoms with Gasteiger partial charge in [0.15, 0.2) is 8.32 Å². The topological polar surface area (TPSA) is 76.1 Å². The highest BCUT2D eigenvalue weighted by atomic mass is 28.4. The molecule has 2 amide bonds. The summed E-state index contributed by atoms with van der Waals surface area (Å²) in [6, 6.07) is 9.34. The minimum Gasteiger partial charge on any atom is -0.447 e. The second kappa shape index (κ2) is 9.62. The van der Waals surface area contributed by atoms with Crippen LogP contribution in [0.4, 0.5) is 4.79 Å². The van der Waals surface area contributed by atoms with Crippen molar-refractivity contribution in [1.29, 1.82) is 0 Å². The number of hydrogen-bond acceptors (Lipinski definition) is 5. The van der Waals surface area contributed by atoms with Crippen molar-refractivity contribution in [3.63, 3.8) is 0 Å². The SMILES string of the molecule is CC(CO[Si](C)(C)C(C)(C)C)C(O)C(C)C(=O)N1C(=O)OCC1Cc1ccccc1. The highest BCUT2D eigenvalue weighted by Gasteiger charge is 2.43. The van der Waals surface area contributed by atoms with Crippen LogP contribution in [0.15, 0.2) is 30.3 Å². The predicted molar refractivity (Wildman–Crippen MR) is 120 cm³/mol. The first-order valence-corrected chi connectivity index (χ1v) is 13.6. The zero-order valence-corrected chi connectivity index (χ0v) is 20.3. The maximum Gasteiger partial charge on any atom is 0.416 e. The molecule has 168 valence electrons. The maximum atomic E-state index is 13.1. The smallest absolute Gasteiger partial charge is 0.416 e. The molecule has 1 heterocycles. The van der Waals surface area contributed by atoms with Gasteiger partial charge < -0.3 is 14.3 Å². The second-order valence-corrected chi connectivity index (χ2v) is 14.8. The number of amides is 2. The fourth-order valence-corrected chi connectivity index (χ4v) is 4.39. The first-order chi connectivity index (χ1) is 13.8. The molecule has 1 fully saturated rings. The molecule has 1 N–H and O–H groups in total. The van der Waals surface area contributed by atoms with Gasteiger partial charge in [0.1, 0.15) is 6.61 Å². The third-order valence-corrected chi connectivity index (χ3v) is 11.0. The lowest BCUT2D eigenvalue weighted by molar-refractivity contribution is -0.137. The molecule has 0 radical (unpaired) electrons. The van der Waals surface area contributed by atoms with E-state index in [0.29, 0.717) is 13.0 Å². The van der Waals surface area contributed by atoms with E-state index in [-0.39, 0.29) is 23.6 Å². The Balaban J connectivity index is 2.02. The predicted octanol–water partition coefficient (Wildman–Crippen LogP) is 4.23. The monoisotopic (exact) mass is 435 g/mol. The summed E-state index contributed by atoms with van der Waals surface area (Å²) < 4.78 is 11.4. The van der Waals surface area contributed by atoms with E-state index in [1.165, 1.54) is 4.90 Å². The van der Waals surface area contributed by atoms with Gasteiger partial charge in [-0.1, -0.05) is 65.0 Å². The highest BCUT2D eigenvalue weighted by Crippen LogP contribution is 2.37. The van der Waals surface area contributed by atoms with Crippen molar-refractivity contribution in [2.24, 2.45) is 11.8 Å². The molecule has 0 aromatic heterocycles. The van der Waals surface area contributed by atoms with Crippen LogP contribution in [-0.2, 0) is 20.4 Å². The van der Waals surface area contributed by atoms with Crippen molar-refractivity contribution in [2.75, 3.05) is 13.2 Å². The van der Waals surface area contributed by atoms with E-state index in [4.69, 9.17) is 9.16 Å². The molecule has 1 aromatic carbocycles. The number of aliphatic hydroxyl groups is 1. The second-order valence-electron chi connectivity index (χ2n) is 9.96. The molecular formula is C23H37NO5Si. The standard InChI is InChI=1S/C23H37NO5Si/c1-16(14-29-30(6,7)23(3,4)5)20(25)17(2)21(26)24-19(15-28-22(24)27)13-18-11-9-8-10-12-18/h8-12,16-17,19-20,25H,13-15H2,1-7H3. The number of rotatable bonds is 8. The molecule has 0 bridgehead atoms. The van der Waals surface area contributed by atoms with E-state index < -0.39 is 32.3 Å². The van der Waals surface area contributed by atoms with Crippen molar-refractivity contribution in [1.82, 2.24) is 4.90 Å². The molecule has 0 aliphatic carbocycles. The van der Waals surface area contributed by atoms with Crippen LogP contribution in [-0.4, -0.2) is 55.7 Å². The number of imide groups is 1. The molecule has 1 aromatic rings. The average Bonchev–Trinajstić information content (AvgIpc) is 3.04. The van der Waals surface area contributed by atoms with E-state index in [1.807, 2.05) is 37.3 Å². The van der Waals surface area contributed by atoms with Gasteiger partial charge in [-0.15, -0.1) is 0 Å². The Kier molecular flexibility index (Phi) is 7.88. The Morgan fingerprint density at radius 1 is 1.27 bits per heavy atom. The zero-order chi connectivity index (χ0) is 22.7. The van der Waals surface area contributed by atoms with Crippen molar-refractivity contribution < 1.29 is 23.9 Å². The Bertz CT molecular complexity index is 731. The van der Waals surface area contributed by atoms with E-state index in [2.05, 4.69) is 33.9 Å². The fraction of sp³-hybridized carbons (Fsp3) is 0.652. The van der Waals surface area contributed by atoms with Crippen LogP contribution in [0.1, 0.15) is 40.2 Å². The molecule has 30 heavy (non-hydrogen) atoms. The number of carbonyl (C=O) groups is 2. The van der Waals surface area contributed by atoms with Gasteiger partial charge in [-0.3, -0.25) is 4.79 Å². The molecule has 4 atom stereocenters. The van der Waals surface area contributed by atoms with Crippen LogP contribution in [0.2, 0.25) is 18.1 Å². The van der Waals surface area contributed by atoms with Gasteiger partial charge in [0.25, 0.3) is 0 Å². The maximum absolute atomic E-state index is 13.1. The fourth-order valence-electron chi connectivity index (χ4n) is 3.28. The molecule has 6 nitrogen and oxygen atoms in total. The molecule has 2 rings (SSSR count). The summed E-state index contributed by atoms with van der Waals surface area (Å²) in [6.07, 6.45) is -1.01. The normalized spacial score (nSPS) is 20.6. The summed E-state index contributed by atoms with van der Waals surface area (Å²) in [4.78, 5) is 26.5. The lowest BCUT2D eigenvalue weighted by atomic mass is 9.92. The van der Waals surface area contributed by atoms with Crippen LogP contribution >= 0.6 is 0 Å². The minimum atomic E-state index is -1.95. The largest absolute Gasteiger partial charge is 0.447 e. The van der Waals surface area contributed by atoms with Gasteiger partial charge in [0, 0.05) is 12.5 Å². The Hall–Kier alpha value is -1.70. The zero-order valence-electron chi connectivity index (χ0n) is 19.3. The molecular weight excluding hydrogens is 398 g/mol. The van der Waals surface area contributed by atoms with Crippen LogP contribution in [0, 0.1) is 11.8 Å². The van der Waals surface area contributed by atoms with E-state index in [9.17, 15) is 14.7 Å². The van der Waals surface area contributed by atoms with Gasteiger partial charge >= 0.3 is 6.09 Å². The lowest BCUT2D eigenvalue weighted by Crippen LogP contribution is -2.48. The third kappa shape index (κ3) is 5.71. The van der Waals surface area contributed by atoms with E-state index in [1.54, 1.807) is 6.92 Å². The van der Waals surface area contributed by atoms with Gasteiger partial charge in [-0.05, 0) is 30.1 Å². The van der Waals surface area contributed by atoms with E-state index >= 15 is 0 Å². The Morgan fingerprint density at radius 3 is 2.43 bits per heavy atom. The number of cyclic esters (lactones) is 1. The third-order valence-electron chi connectivity index (χ3n) is 6.51. The van der Waals surface area contributed by atoms with Crippen molar-refractivity contribution >= 4 is 20.3 Å². The number of nitrogens with zero attached hydrogens (tertiary/aromatic N) is 1. The number of carbonyl (C=O) groups excluding carboxylic acids is 2. The summed E-state index contributed by atoms with van der Waals surface area (Å²) >= 11 is 0. The summed E-state index contributed by atoms with van der Waals surface area (Å²) in [5.74, 6) is -1.36. The number of benzene rings is 1. The van der Waals surface area contributed by atoms with Gasteiger partial charge in [0.2, 0.25) is 5.91 Å². The van der Waals surface area contributed by atoms with Crippen LogP contribution in [0.5, 0.6) is 0 Å². The molecule has 1 aliphatic rings. The van der Waals surface area contributed by atoms with Crippen molar-refractivity contribution in [2.45, 2.75) is 71.3 Å². The molecule has 1 aliphatic heterocycles. The average molecular weight is 436 g/mol. The van der Waals surface area contributed by atoms with Crippen LogP contribution < -0.4 is 0 Å². The molecule has 0 saturated carbocycles. The summed E-state index contributed by atoms with van der Waals surface area (Å²) in [7, 11) is -1.95. The van der Waals surface area contributed by atoms with Gasteiger partial charge in [0.05, 0.1) is 18.1 Å². The first kappa shape index (κ1) is 24.6. The molecule has 7 heteroatoms. The molecule has 4 unspecified atom stereocenters. The number of ether oxygens (including phenoxy) is 1. The summed E-state index contributed by atoms with van der Waals surface area (Å²) in [6.45, 7) is 14.9. The van der Waals surface area contributed by atoms with Gasteiger partial charge in [-0.25, -0.2) is 9.69 Å². The minimum absolute atomic E-state index is 0.0725. The highest BCUT2D eigenvalue weighted by molar-refractivity contribution is 6.74. The van der Waals surface area contributed by atoms with Gasteiger partial charge in [-0.2, -0.15) is 0 Å². The lowest BCUT2D eigenvalue weighted by Gasteiger charge is -2.38. The van der Waals surface area contributed by atoms with Crippen LogP contribution in [0.3, 0.4) is 0 Å². The molecule has 1 saturated heterocycles. The van der Waals surface area contributed by atoms with Crippen molar-refractivity contribution in [3.05, 3.63) is 35.9 Å². The van der Waals surface area contributed by atoms with Crippen molar-refractivity contribution in [3.8, 4) is 0 Å². The summed E-state index contributed by atoms with van der Waals surface area (Å²) in [5, 5.41) is 10.9. The Labute approximate surface area is 181 Å².